The third-order valence-electron chi connectivity index (χ3n) is 3.30. The summed E-state index contributed by atoms with van der Waals surface area (Å²) in [4.78, 5) is 43.4. The van der Waals surface area contributed by atoms with E-state index in [1.54, 1.807) is 32.0 Å². The molecule has 0 bridgehead atoms. The molecule has 0 radical (unpaired) electrons. The summed E-state index contributed by atoms with van der Waals surface area (Å²) in [6.07, 6.45) is 2.52. The first kappa shape index (κ1) is 19.8. The number of benzene rings is 1. The third kappa shape index (κ3) is 5.24. The van der Waals surface area contributed by atoms with Gasteiger partial charge in [0.25, 0.3) is 0 Å². The summed E-state index contributed by atoms with van der Waals surface area (Å²) in [7, 11) is 0. The van der Waals surface area contributed by atoms with Gasteiger partial charge in [-0.05, 0) is 32.0 Å². The Morgan fingerprint density at radius 3 is 2.33 bits per heavy atom. The number of fused-ring (bicyclic) bond motifs is 1. The summed E-state index contributed by atoms with van der Waals surface area (Å²) in [5.41, 5.74) is 0.884. The molecule has 0 aliphatic heterocycles. The number of nitrogens with zero attached hydrogens (tertiary/aromatic N) is 2. The van der Waals surface area contributed by atoms with E-state index >= 15 is 0 Å². The Morgan fingerprint density at radius 2 is 1.74 bits per heavy atom. The number of anilines is 2. The van der Waals surface area contributed by atoms with Gasteiger partial charge in [0.05, 0.1) is 18.7 Å². The van der Waals surface area contributed by atoms with Gasteiger partial charge in [-0.15, -0.1) is 0 Å². The van der Waals surface area contributed by atoms with Crippen molar-refractivity contribution in [2.24, 2.45) is 0 Å². The summed E-state index contributed by atoms with van der Waals surface area (Å²) < 4.78 is 9.76. The van der Waals surface area contributed by atoms with Gasteiger partial charge in [-0.3, -0.25) is 4.79 Å². The van der Waals surface area contributed by atoms with Gasteiger partial charge in [0.2, 0.25) is 5.91 Å². The Kier molecular flexibility index (Phi) is 6.81. The van der Waals surface area contributed by atoms with Crippen LogP contribution in [0.4, 0.5) is 11.5 Å². The van der Waals surface area contributed by atoms with Crippen LogP contribution in [0.15, 0.2) is 36.3 Å². The number of nitrogens with one attached hydrogen (secondary N) is 2. The Hall–Kier alpha value is -3.49. The topological polar surface area (TPSA) is 120 Å². The fourth-order valence-corrected chi connectivity index (χ4v) is 2.21. The molecule has 27 heavy (non-hydrogen) atoms. The van der Waals surface area contributed by atoms with E-state index in [2.05, 4.69) is 20.6 Å². The van der Waals surface area contributed by atoms with Crippen molar-refractivity contribution in [2.45, 2.75) is 20.8 Å². The number of hydrogen-bond acceptors (Lipinski definition) is 8. The van der Waals surface area contributed by atoms with Crippen molar-refractivity contribution in [3.05, 3.63) is 36.3 Å². The zero-order valence-corrected chi connectivity index (χ0v) is 15.2. The highest BCUT2D eigenvalue weighted by Crippen LogP contribution is 2.23. The van der Waals surface area contributed by atoms with Crippen molar-refractivity contribution in [3.63, 3.8) is 0 Å². The molecule has 0 aliphatic carbocycles. The lowest BCUT2D eigenvalue weighted by atomic mass is 10.2. The number of esters is 2. The Morgan fingerprint density at radius 1 is 1.07 bits per heavy atom. The SMILES string of the molecule is CCOC(=O)C(=CNc1ncnc2cc(NC(C)=O)ccc12)C(=O)OCC. The Labute approximate surface area is 155 Å². The van der Waals surface area contributed by atoms with Gasteiger partial charge < -0.3 is 20.1 Å². The van der Waals surface area contributed by atoms with Crippen molar-refractivity contribution in [3.8, 4) is 0 Å². The fraction of sp³-hybridized carbons (Fsp3) is 0.278. The van der Waals surface area contributed by atoms with Gasteiger partial charge in [0.1, 0.15) is 12.1 Å². The summed E-state index contributed by atoms with van der Waals surface area (Å²) >= 11 is 0. The summed E-state index contributed by atoms with van der Waals surface area (Å²) in [6.45, 7) is 4.93. The van der Waals surface area contributed by atoms with Crippen LogP contribution in [0.5, 0.6) is 0 Å². The number of rotatable bonds is 7. The molecule has 1 aromatic carbocycles. The standard InChI is InChI=1S/C18H20N4O5/c1-4-26-17(24)14(18(25)27-5-2)9-19-16-13-7-6-12(22-11(3)23)8-15(13)20-10-21-16/h6-10H,4-5H2,1-3H3,(H,22,23)(H,19,20,21). The number of ether oxygens (including phenoxy) is 2. The first-order valence-electron chi connectivity index (χ1n) is 8.29. The second kappa shape index (κ2) is 9.27. The highest BCUT2D eigenvalue weighted by molar-refractivity contribution is 6.14. The molecule has 142 valence electrons. The van der Waals surface area contributed by atoms with E-state index < -0.39 is 11.9 Å². The minimum Gasteiger partial charge on any atom is -0.462 e. The maximum absolute atomic E-state index is 12.0. The third-order valence-corrected chi connectivity index (χ3v) is 3.30. The average molecular weight is 372 g/mol. The second-order valence-corrected chi connectivity index (χ2v) is 5.28. The first-order valence-corrected chi connectivity index (χ1v) is 8.29. The molecule has 0 saturated carbocycles. The minimum absolute atomic E-state index is 0.123. The molecule has 1 amide bonds. The van der Waals surface area contributed by atoms with Crippen LogP contribution in [-0.2, 0) is 23.9 Å². The maximum atomic E-state index is 12.0. The van der Waals surface area contributed by atoms with E-state index in [1.165, 1.54) is 19.5 Å². The molecular weight excluding hydrogens is 352 g/mol. The van der Waals surface area contributed by atoms with E-state index in [-0.39, 0.29) is 24.7 Å². The second-order valence-electron chi connectivity index (χ2n) is 5.28. The minimum atomic E-state index is -0.797. The predicted octanol–water partition coefficient (Wildman–Crippen LogP) is 2.01. The van der Waals surface area contributed by atoms with Crippen molar-refractivity contribution in [1.82, 2.24) is 9.97 Å². The molecule has 0 aliphatic rings. The van der Waals surface area contributed by atoms with Crippen LogP contribution in [0.3, 0.4) is 0 Å². The highest BCUT2D eigenvalue weighted by Gasteiger charge is 2.21. The Balaban J connectivity index is 2.34. The largest absolute Gasteiger partial charge is 0.462 e. The molecule has 0 atom stereocenters. The molecule has 9 nitrogen and oxygen atoms in total. The molecule has 0 saturated heterocycles. The van der Waals surface area contributed by atoms with Crippen LogP contribution in [0, 0.1) is 0 Å². The number of amides is 1. The van der Waals surface area contributed by atoms with Crippen LogP contribution in [0.1, 0.15) is 20.8 Å². The molecule has 0 fully saturated rings. The lowest BCUT2D eigenvalue weighted by molar-refractivity contribution is -0.146. The summed E-state index contributed by atoms with van der Waals surface area (Å²) in [5.74, 6) is -1.41. The lowest BCUT2D eigenvalue weighted by Crippen LogP contribution is -2.19. The van der Waals surface area contributed by atoms with E-state index in [0.717, 1.165) is 0 Å². The van der Waals surface area contributed by atoms with E-state index in [4.69, 9.17) is 9.47 Å². The van der Waals surface area contributed by atoms with E-state index in [1.807, 2.05) is 0 Å². The normalized spacial score (nSPS) is 10.0. The van der Waals surface area contributed by atoms with Gasteiger partial charge >= 0.3 is 11.9 Å². The van der Waals surface area contributed by atoms with E-state index in [0.29, 0.717) is 22.4 Å². The van der Waals surface area contributed by atoms with Crippen molar-refractivity contribution in [2.75, 3.05) is 23.8 Å². The molecule has 1 heterocycles. The van der Waals surface area contributed by atoms with Crippen molar-refractivity contribution < 1.29 is 23.9 Å². The summed E-state index contributed by atoms with van der Waals surface area (Å²) in [5, 5.41) is 6.13. The van der Waals surface area contributed by atoms with Crippen LogP contribution in [-0.4, -0.2) is 41.0 Å². The van der Waals surface area contributed by atoms with Crippen LogP contribution in [0.25, 0.3) is 10.9 Å². The lowest BCUT2D eigenvalue weighted by Gasteiger charge is -2.09. The molecular formula is C18H20N4O5. The molecule has 0 unspecified atom stereocenters. The molecule has 1 aromatic heterocycles. The van der Waals surface area contributed by atoms with Gasteiger partial charge in [0.15, 0.2) is 5.57 Å². The van der Waals surface area contributed by atoms with E-state index in [9.17, 15) is 14.4 Å². The smallest absolute Gasteiger partial charge is 0.347 e. The first-order chi connectivity index (χ1) is 13.0. The summed E-state index contributed by atoms with van der Waals surface area (Å²) in [6, 6.07) is 5.09. The zero-order valence-electron chi connectivity index (χ0n) is 15.2. The molecule has 2 aromatic rings. The number of carbonyl (C=O) groups is 3. The zero-order chi connectivity index (χ0) is 19.8. The fourth-order valence-electron chi connectivity index (χ4n) is 2.21. The van der Waals surface area contributed by atoms with Gasteiger partial charge in [0, 0.05) is 24.2 Å². The predicted molar refractivity (Wildman–Crippen MR) is 98.8 cm³/mol. The molecule has 2 rings (SSSR count). The molecule has 9 heteroatoms. The van der Waals surface area contributed by atoms with Gasteiger partial charge in [-0.2, -0.15) is 0 Å². The van der Waals surface area contributed by atoms with Crippen LogP contribution >= 0.6 is 0 Å². The van der Waals surface area contributed by atoms with Crippen molar-refractivity contribution >= 4 is 40.3 Å². The number of carbonyl (C=O) groups excluding carboxylic acids is 3. The number of aromatic nitrogens is 2. The quantitative estimate of drug-likeness (QED) is 0.328. The van der Waals surface area contributed by atoms with Crippen molar-refractivity contribution in [1.29, 1.82) is 0 Å². The van der Waals surface area contributed by atoms with Gasteiger partial charge in [-0.25, -0.2) is 19.6 Å². The Bertz CT molecular complexity index is 874. The van der Waals surface area contributed by atoms with Gasteiger partial charge in [-0.1, -0.05) is 0 Å². The monoisotopic (exact) mass is 372 g/mol. The number of hydrogen-bond donors (Lipinski definition) is 2. The van der Waals surface area contributed by atoms with Crippen LogP contribution < -0.4 is 10.6 Å². The average Bonchev–Trinajstić information content (AvgIpc) is 2.61. The molecule has 2 N–H and O–H groups in total. The van der Waals surface area contributed by atoms with Crippen LogP contribution in [0.2, 0.25) is 0 Å². The molecule has 0 spiro atoms. The maximum Gasteiger partial charge on any atom is 0.347 e. The highest BCUT2D eigenvalue weighted by atomic mass is 16.6.